The van der Waals surface area contributed by atoms with Crippen LogP contribution in [0.2, 0.25) is 0 Å². The highest BCUT2D eigenvalue weighted by atomic mass is 32.2. The molecule has 1 saturated heterocycles. The summed E-state index contributed by atoms with van der Waals surface area (Å²) in [4.78, 5) is 15.3. The number of aryl methyl sites for hydroxylation is 2. The summed E-state index contributed by atoms with van der Waals surface area (Å²) in [6.07, 6.45) is 0.868. The van der Waals surface area contributed by atoms with Gasteiger partial charge in [-0.15, -0.1) is 11.3 Å². The van der Waals surface area contributed by atoms with Crippen molar-refractivity contribution in [3.05, 3.63) is 40.8 Å². The van der Waals surface area contributed by atoms with E-state index in [0.717, 1.165) is 10.4 Å². The second-order valence-electron chi connectivity index (χ2n) is 6.80. The zero-order chi connectivity index (χ0) is 21.0. The van der Waals surface area contributed by atoms with Crippen LogP contribution in [-0.4, -0.2) is 63.9 Å². The van der Waals surface area contributed by atoms with Crippen LogP contribution < -0.4 is 9.47 Å². The molecule has 3 rings (SSSR count). The first kappa shape index (κ1) is 21.6. The van der Waals surface area contributed by atoms with Crippen LogP contribution in [0.5, 0.6) is 11.5 Å². The van der Waals surface area contributed by atoms with Gasteiger partial charge < -0.3 is 14.4 Å². The minimum absolute atomic E-state index is 0.0129. The number of carbonyl (C=O) groups excluding carboxylic acids is 1. The van der Waals surface area contributed by atoms with Crippen LogP contribution >= 0.6 is 11.3 Å². The van der Waals surface area contributed by atoms with Gasteiger partial charge in [0.25, 0.3) is 10.0 Å². The van der Waals surface area contributed by atoms with E-state index in [1.807, 2.05) is 31.2 Å². The van der Waals surface area contributed by atoms with Crippen molar-refractivity contribution in [2.45, 2.75) is 24.0 Å². The van der Waals surface area contributed by atoms with Gasteiger partial charge >= 0.3 is 0 Å². The van der Waals surface area contributed by atoms with E-state index >= 15 is 0 Å². The summed E-state index contributed by atoms with van der Waals surface area (Å²) >= 11 is 1.28. The van der Waals surface area contributed by atoms with Crippen LogP contribution in [-0.2, 0) is 21.2 Å². The van der Waals surface area contributed by atoms with Gasteiger partial charge in [-0.2, -0.15) is 4.31 Å². The van der Waals surface area contributed by atoms with Crippen molar-refractivity contribution in [3.8, 4) is 11.5 Å². The quantitative estimate of drug-likeness (QED) is 0.664. The predicted octanol–water partition coefficient (Wildman–Crippen LogP) is 2.54. The summed E-state index contributed by atoms with van der Waals surface area (Å²) in [5.41, 5.74) is 0.912. The van der Waals surface area contributed by atoms with Crippen molar-refractivity contribution < 1.29 is 22.7 Å². The molecule has 0 radical (unpaired) electrons. The molecule has 1 amide bonds. The molecule has 0 N–H and O–H groups in total. The summed E-state index contributed by atoms with van der Waals surface area (Å²) in [6, 6.07) is 9.07. The van der Waals surface area contributed by atoms with E-state index in [4.69, 9.17) is 9.47 Å². The minimum Gasteiger partial charge on any atom is -0.493 e. The van der Waals surface area contributed by atoms with Gasteiger partial charge in [0, 0.05) is 37.5 Å². The van der Waals surface area contributed by atoms with Crippen molar-refractivity contribution in [2.24, 2.45) is 0 Å². The second-order valence-corrected chi connectivity index (χ2v) is 10.3. The topological polar surface area (TPSA) is 76.2 Å². The lowest BCUT2D eigenvalue weighted by Crippen LogP contribution is -2.50. The van der Waals surface area contributed by atoms with Crippen molar-refractivity contribution in [2.75, 3.05) is 40.4 Å². The molecule has 1 aromatic carbocycles. The van der Waals surface area contributed by atoms with Gasteiger partial charge in [-0.3, -0.25) is 4.79 Å². The maximum atomic E-state index is 12.7. The average molecular weight is 439 g/mol. The van der Waals surface area contributed by atoms with Crippen molar-refractivity contribution >= 4 is 27.3 Å². The van der Waals surface area contributed by atoms with Crippen molar-refractivity contribution in [1.29, 1.82) is 0 Å². The van der Waals surface area contributed by atoms with Crippen molar-refractivity contribution in [1.82, 2.24) is 9.21 Å². The highest BCUT2D eigenvalue weighted by Crippen LogP contribution is 2.31. The molecule has 29 heavy (non-hydrogen) atoms. The van der Waals surface area contributed by atoms with Crippen LogP contribution in [0.4, 0.5) is 0 Å². The number of hydrogen-bond acceptors (Lipinski definition) is 6. The second kappa shape index (κ2) is 9.15. The van der Waals surface area contributed by atoms with E-state index in [2.05, 4.69) is 0 Å². The van der Waals surface area contributed by atoms with Gasteiger partial charge in [0.2, 0.25) is 5.91 Å². The fourth-order valence-corrected chi connectivity index (χ4v) is 6.27. The Hall–Kier alpha value is -2.10. The molecule has 9 heteroatoms. The number of ether oxygens (including phenoxy) is 2. The monoisotopic (exact) mass is 438 g/mol. The molecule has 1 aliphatic heterocycles. The number of para-hydroxylation sites is 1. The average Bonchev–Trinajstić information content (AvgIpc) is 3.18. The third kappa shape index (κ3) is 4.73. The molecule has 0 aliphatic carbocycles. The maximum absolute atomic E-state index is 12.7. The largest absolute Gasteiger partial charge is 0.493 e. The van der Waals surface area contributed by atoms with E-state index in [-0.39, 0.29) is 5.91 Å². The Balaban J connectivity index is 1.57. The molecule has 0 atom stereocenters. The number of piperazine rings is 1. The first-order chi connectivity index (χ1) is 13.9. The SMILES string of the molecule is COc1cccc(CCC(=O)N2CCN(S(=O)(=O)c3ccc(C)s3)CC2)c1OC. The molecule has 1 aliphatic rings. The molecule has 2 heterocycles. The van der Waals surface area contributed by atoms with Crippen molar-refractivity contribution in [3.63, 3.8) is 0 Å². The van der Waals surface area contributed by atoms with Gasteiger partial charge in [0.15, 0.2) is 11.5 Å². The van der Waals surface area contributed by atoms with E-state index < -0.39 is 10.0 Å². The third-order valence-electron chi connectivity index (χ3n) is 4.99. The summed E-state index contributed by atoms with van der Waals surface area (Å²) in [5.74, 6) is 1.30. The molecule has 0 bridgehead atoms. The number of rotatable bonds is 7. The van der Waals surface area contributed by atoms with E-state index in [9.17, 15) is 13.2 Å². The van der Waals surface area contributed by atoms with Gasteiger partial charge in [0.1, 0.15) is 4.21 Å². The molecule has 0 unspecified atom stereocenters. The smallest absolute Gasteiger partial charge is 0.252 e. The van der Waals surface area contributed by atoms with Gasteiger partial charge in [-0.05, 0) is 37.1 Å². The standard InChI is InChI=1S/C20H26N2O5S2/c1-15-7-10-19(28-15)29(24,25)22-13-11-21(12-14-22)18(23)9-8-16-5-4-6-17(26-2)20(16)27-3/h4-7,10H,8-9,11-14H2,1-3H3. The van der Waals surface area contributed by atoms with Crippen LogP contribution in [0.3, 0.4) is 0 Å². The van der Waals surface area contributed by atoms with Gasteiger partial charge in [-0.1, -0.05) is 12.1 Å². The Labute approximate surface area is 175 Å². The zero-order valence-corrected chi connectivity index (χ0v) is 18.5. The number of sulfonamides is 1. The number of hydrogen-bond donors (Lipinski definition) is 0. The molecular formula is C20H26N2O5S2. The van der Waals surface area contributed by atoms with Gasteiger partial charge in [-0.25, -0.2) is 8.42 Å². The number of thiophene rings is 1. The summed E-state index contributed by atoms with van der Waals surface area (Å²) < 4.78 is 38.0. The first-order valence-corrected chi connectivity index (χ1v) is 11.7. The summed E-state index contributed by atoms with van der Waals surface area (Å²) in [6.45, 7) is 3.31. The molecule has 0 saturated carbocycles. The fraction of sp³-hybridized carbons (Fsp3) is 0.450. The molecule has 2 aromatic rings. The number of amides is 1. The Morgan fingerprint density at radius 1 is 1.07 bits per heavy atom. The highest BCUT2D eigenvalue weighted by molar-refractivity contribution is 7.91. The Morgan fingerprint density at radius 2 is 1.79 bits per heavy atom. The fourth-order valence-electron chi connectivity index (χ4n) is 3.41. The van der Waals surface area contributed by atoms with Crippen LogP contribution in [0.25, 0.3) is 0 Å². The molecular weight excluding hydrogens is 412 g/mol. The first-order valence-electron chi connectivity index (χ1n) is 9.41. The molecule has 7 nitrogen and oxygen atoms in total. The molecule has 0 spiro atoms. The minimum atomic E-state index is -3.48. The summed E-state index contributed by atoms with van der Waals surface area (Å²) in [7, 11) is -0.316. The Kier molecular flexibility index (Phi) is 6.81. The predicted molar refractivity (Wildman–Crippen MR) is 112 cm³/mol. The van der Waals surface area contributed by atoms with Crippen LogP contribution in [0.15, 0.2) is 34.5 Å². The van der Waals surface area contributed by atoms with Crippen LogP contribution in [0.1, 0.15) is 16.9 Å². The Bertz CT molecular complexity index is 963. The molecule has 1 fully saturated rings. The van der Waals surface area contributed by atoms with E-state index in [1.165, 1.54) is 15.6 Å². The zero-order valence-electron chi connectivity index (χ0n) is 16.9. The van der Waals surface area contributed by atoms with Gasteiger partial charge in [0.05, 0.1) is 14.2 Å². The lowest BCUT2D eigenvalue weighted by molar-refractivity contribution is -0.132. The number of benzene rings is 1. The number of methoxy groups -OCH3 is 2. The third-order valence-corrected chi connectivity index (χ3v) is 8.36. The lowest BCUT2D eigenvalue weighted by atomic mass is 10.1. The van der Waals surface area contributed by atoms with E-state index in [0.29, 0.717) is 54.7 Å². The Morgan fingerprint density at radius 3 is 2.38 bits per heavy atom. The van der Waals surface area contributed by atoms with E-state index in [1.54, 1.807) is 25.2 Å². The number of carbonyl (C=O) groups is 1. The maximum Gasteiger partial charge on any atom is 0.252 e. The lowest BCUT2D eigenvalue weighted by Gasteiger charge is -2.33. The normalized spacial score (nSPS) is 15.3. The molecule has 1 aromatic heterocycles. The summed E-state index contributed by atoms with van der Waals surface area (Å²) in [5, 5.41) is 0. The molecule has 158 valence electrons. The highest BCUT2D eigenvalue weighted by Gasteiger charge is 2.30. The van der Waals surface area contributed by atoms with Crippen LogP contribution in [0, 0.1) is 6.92 Å². The number of nitrogens with zero attached hydrogens (tertiary/aromatic N) is 2.